The second-order valence-corrected chi connectivity index (χ2v) is 3.40. The summed E-state index contributed by atoms with van der Waals surface area (Å²) in [7, 11) is 1.64. The van der Waals surface area contributed by atoms with Crippen molar-refractivity contribution in [2.45, 2.75) is 6.54 Å². The van der Waals surface area contributed by atoms with Crippen LogP contribution in [-0.4, -0.2) is 26.2 Å². The number of hydrogen-bond acceptors (Lipinski definition) is 3. The Morgan fingerprint density at radius 2 is 2.25 bits per heavy atom. The van der Waals surface area contributed by atoms with Gasteiger partial charge in [-0.2, -0.15) is 0 Å². The molecule has 3 N–H and O–H groups in total. The molecule has 0 atom stereocenters. The number of guanidine groups is 1. The number of fused-ring (bicyclic) bond motifs is 1. The molecule has 0 unspecified atom stereocenters. The third-order valence-corrected chi connectivity index (χ3v) is 2.35. The van der Waals surface area contributed by atoms with Crippen molar-refractivity contribution in [3.63, 3.8) is 0 Å². The van der Waals surface area contributed by atoms with Gasteiger partial charge in [-0.25, -0.2) is 0 Å². The first-order chi connectivity index (χ1) is 7.81. The molecular formula is C11H15N3O2. The van der Waals surface area contributed by atoms with Gasteiger partial charge in [-0.3, -0.25) is 4.99 Å². The third kappa shape index (κ3) is 2.18. The zero-order valence-electron chi connectivity index (χ0n) is 9.19. The smallest absolute Gasteiger partial charge is 0.188 e. The molecule has 1 aliphatic heterocycles. The van der Waals surface area contributed by atoms with Gasteiger partial charge in [0.1, 0.15) is 13.2 Å². The number of para-hydroxylation sites is 1. The van der Waals surface area contributed by atoms with Gasteiger partial charge in [-0.1, -0.05) is 12.1 Å². The van der Waals surface area contributed by atoms with Crippen LogP contribution in [0, 0.1) is 0 Å². The second kappa shape index (κ2) is 4.74. The van der Waals surface area contributed by atoms with E-state index in [1.165, 1.54) is 0 Å². The van der Waals surface area contributed by atoms with Crippen molar-refractivity contribution in [2.24, 2.45) is 10.7 Å². The number of nitrogens with two attached hydrogens (primary N) is 1. The van der Waals surface area contributed by atoms with Crippen LogP contribution < -0.4 is 20.5 Å². The summed E-state index contributed by atoms with van der Waals surface area (Å²) in [5.41, 5.74) is 6.58. The zero-order valence-corrected chi connectivity index (χ0v) is 9.19. The summed E-state index contributed by atoms with van der Waals surface area (Å²) in [5, 5.41) is 2.99. The van der Waals surface area contributed by atoms with Crippen molar-refractivity contribution >= 4 is 5.96 Å². The fourth-order valence-electron chi connectivity index (χ4n) is 1.54. The van der Waals surface area contributed by atoms with Crippen LogP contribution in [0.15, 0.2) is 23.2 Å². The Hall–Kier alpha value is -1.91. The number of aliphatic imine (C=N–C) groups is 1. The molecule has 0 fully saturated rings. The largest absolute Gasteiger partial charge is 0.486 e. The van der Waals surface area contributed by atoms with Crippen LogP contribution in [0.25, 0.3) is 0 Å². The first kappa shape index (κ1) is 10.6. The lowest BCUT2D eigenvalue weighted by molar-refractivity contribution is 0.170. The summed E-state index contributed by atoms with van der Waals surface area (Å²) in [5.74, 6) is 2.00. The van der Waals surface area contributed by atoms with Crippen molar-refractivity contribution in [2.75, 3.05) is 20.3 Å². The van der Waals surface area contributed by atoms with Gasteiger partial charge in [-0.05, 0) is 6.07 Å². The summed E-state index contributed by atoms with van der Waals surface area (Å²) < 4.78 is 11.1. The maximum atomic E-state index is 5.57. The summed E-state index contributed by atoms with van der Waals surface area (Å²) in [6, 6.07) is 5.81. The molecule has 1 aliphatic rings. The number of rotatable bonds is 2. The Kier molecular flexibility index (Phi) is 3.14. The predicted molar refractivity (Wildman–Crippen MR) is 61.8 cm³/mol. The van der Waals surface area contributed by atoms with Crippen LogP contribution in [0.2, 0.25) is 0 Å². The van der Waals surface area contributed by atoms with Gasteiger partial charge in [0.15, 0.2) is 17.5 Å². The Labute approximate surface area is 94.3 Å². The molecule has 5 heteroatoms. The van der Waals surface area contributed by atoms with Crippen molar-refractivity contribution in [1.29, 1.82) is 0 Å². The minimum atomic E-state index is 0.411. The van der Waals surface area contributed by atoms with Crippen LogP contribution in [0.4, 0.5) is 0 Å². The SMILES string of the molecule is CN=C(N)NCc1cccc2c1OCCO2. The average Bonchev–Trinajstić information content (AvgIpc) is 2.35. The van der Waals surface area contributed by atoms with Crippen molar-refractivity contribution in [3.05, 3.63) is 23.8 Å². The van der Waals surface area contributed by atoms with E-state index in [1.807, 2.05) is 18.2 Å². The lowest BCUT2D eigenvalue weighted by Crippen LogP contribution is -2.31. The van der Waals surface area contributed by atoms with Gasteiger partial charge >= 0.3 is 0 Å². The van der Waals surface area contributed by atoms with E-state index in [0.717, 1.165) is 17.1 Å². The Morgan fingerprint density at radius 3 is 3.06 bits per heavy atom. The molecule has 0 aromatic heterocycles. The molecule has 1 aromatic rings. The normalized spacial score (nSPS) is 14.7. The molecule has 0 saturated heterocycles. The molecular weight excluding hydrogens is 206 g/mol. The second-order valence-electron chi connectivity index (χ2n) is 3.40. The van der Waals surface area contributed by atoms with Crippen molar-refractivity contribution in [1.82, 2.24) is 5.32 Å². The van der Waals surface area contributed by atoms with E-state index in [-0.39, 0.29) is 0 Å². The van der Waals surface area contributed by atoms with Crippen LogP contribution in [0.1, 0.15) is 5.56 Å². The molecule has 5 nitrogen and oxygen atoms in total. The molecule has 0 saturated carbocycles. The fourth-order valence-corrected chi connectivity index (χ4v) is 1.54. The number of hydrogen-bond donors (Lipinski definition) is 2. The van der Waals surface area contributed by atoms with E-state index in [1.54, 1.807) is 7.05 Å². The number of nitrogens with zero attached hydrogens (tertiary/aromatic N) is 1. The molecule has 0 amide bonds. The quantitative estimate of drug-likeness (QED) is 0.563. The highest BCUT2D eigenvalue weighted by Crippen LogP contribution is 2.33. The number of nitrogens with one attached hydrogen (secondary N) is 1. The lowest BCUT2D eigenvalue weighted by atomic mass is 10.1. The summed E-state index contributed by atoms with van der Waals surface area (Å²) in [6.45, 7) is 1.76. The van der Waals surface area contributed by atoms with Crippen LogP contribution in [-0.2, 0) is 6.54 Å². The minimum Gasteiger partial charge on any atom is -0.486 e. The van der Waals surface area contributed by atoms with E-state index in [2.05, 4.69) is 10.3 Å². The molecule has 0 bridgehead atoms. The van der Waals surface area contributed by atoms with E-state index < -0.39 is 0 Å². The topological polar surface area (TPSA) is 68.9 Å². The Balaban J connectivity index is 2.14. The lowest BCUT2D eigenvalue weighted by Gasteiger charge is -2.21. The number of ether oxygens (including phenoxy) is 2. The Bertz CT molecular complexity index is 404. The highest BCUT2D eigenvalue weighted by molar-refractivity contribution is 5.77. The van der Waals surface area contributed by atoms with Crippen molar-refractivity contribution in [3.8, 4) is 11.5 Å². The maximum Gasteiger partial charge on any atom is 0.188 e. The summed E-state index contributed by atoms with van der Waals surface area (Å²) in [6.07, 6.45) is 0. The third-order valence-electron chi connectivity index (χ3n) is 2.35. The molecule has 0 spiro atoms. The molecule has 0 aliphatic carbocycles. The zero-order chi connectivity index (χ0) is 11.4. The van der Waals surface area contributed by atoms with Gasteiger partial charge in [0.05, 0.1) is 0 Å². The van der Waals surface area contributed by atoms with Crippen LogP contribution in [0.5, 0.6) is 11.5 Å². The van der Waals surface area contributed by atoms with Crippen LogP contribution in [0.3, 0.4) is 0 Å². The van der Waals surface area contributed by atoms with Crippen LogP contribution >= 0.6 is 0 Å². The summed E-state index contributed by atoms with van der Waals surface area (Å²) >= 11 is 0. The first-order valence-corrected chi connectivity index (χ1v) is 5.15. The van der Waals surface area contributed by atoms with Gasteiger partial charge in [0.2, 0.25) is 0 Å². The van der Waals surface area contributed by atoms with E-state index in [0.29, 0.717) is 25.7 Å². The molecule has 2 rings (SSSR count). The van der Waals surface area contributed by atoms with E-state index >= 15 is 0 Å². The maximum absolute atomic E-state index is 5.57. The van der Waals surface area contributed by atoms with Gasteiger partial charge in [-0.15, -0.1) is 0 Å². The standard InChI is InChI=1S/C11H15N3O2/c1-13-11(12)14-7-8-3-2-4-9-10(8)16-6-5-15-9/h2-4H,5-7H2,1H3,(H3,12,13,14). The summed E-state index contributed by atoms with van der Waals surface area (Å²) in [4.78, 5) is 3.83. The highest BCUT2D eigenvalue weighted by Gasteiger charge is 2.14. The van der Waals surface area contributed by atoms with Gasteiger partial charge < -0.3 is 20.5 Å². The van der Waals surface area contributed by atoms with Gasteiger partial charge in [0, 0.05) is 19.2 Å². The average molecular weight is 221 g/mol. The Morgan fingerprint density at radius 1 is 1.44 bits per heavy atom. The van der Waals surface area contributed by atoms with E-state index in [4.69, 9.17) is 15.2 Å². The first-order valence-electron chi connectivity index (χ1n) is 5.15. The molecule has 16 heavy (non-hydrogen) atoms. The monoisotopic (exact) mass is 221 g/mol. The molecule has 86 valence electrons. The van der Waals surface area contributed by atoms with Gasteiger partial charge in [0.25, 0.3) is 0 Å². The molecule has 1 heterocycles. The predicted octanol–water partition coefficient (Wildman–Crippen LogP) is 0.492. The molecule has 1 aromatic carbocycles. The van der Waals surface area contributed by atoms with E-state index in [9.17, 15) is 0 Å². The fraction of sp³-hybridized carbons (Fsp3) is 0.364. The van der Waals surface area contributed by atoms with Crippen molar-refractivity contribution < 1.29 is 9.47 Å². The molecule has 0 radical (unpaired) electrons. The highest BCUT2D eigenvalue weighted by atomic mass is 16.6. The minimum absolute atomic E-state index is 0.411. The number of benzene rings is 1.